The van der Waals surface area contributed by atoms with Gasteiger partial charge in [0.15, 0.2) is 11.1 Å². The molecule has 46 heavy (non-hydrogen) atoms. The molecule has 0 aromatic heterocycles. The molecule has 0 bridgehead atoms. The van der Waals surface area contributed by atoms with E-state index in [1.807, 2.05) is 6.92 Å². The Balaban J connectivity index is 1.45. The Hall–Kier alpha value is -4.16. The molecule has 244 valence electrons. The van der Waals surface area contributed by atoms with Gasteiger partial charge in [0.05, 0.1) is 16.9 Å². The molecule has 3 aromatic rings. The van der Waals surface area contributed by atoms with E-state index < -0.39 is 82.4 Å². The Kier molecular flexibility index (Phi) is 9.59. The molecule has 6 atom stereocenters. The number of hydrogen-bond donors (Lipinski definition) is 1. The van der Waals surface area contributed by atoms with Crippen molar-refractivity contribution in [1.82, 2.24) is 5.32 Å². The largest absolute Gasteiger partial charge is 0.460 e. The quantitative estimate of drug-likeness (QED) is 0.219. The second-order valence-electron chi connectivity index (χ2n) is 12.5. The van der Waals surface area contributed by atoms with Crippen molar-refractivity contribution in [3.05, 3.63) is 101 Å². The van der Waals surface area contributed by atoms with Crippen LogP contribution in [0.4, 0.5) is 13.6 Å². The molecule has 2 aliphatic carbocycles. The fourth-order valence-corrected chi connectivity index (χ4v) is 6.77. The maximum atomic E-state index is 14.4. The maximum Gasteiger partial charge on any atom is 0.408 e. The average Bonchev–Trinajstić information content (AvgIpc) is 3.67. The smallest absolute Gasteiger partial charge is 0.408 e. The molecule has 6 unspecified atom stereocenters. The van der Waals surface area contributed by atoms with Crippen LogP contribution in [0.2, 0.25) is 0 Å². The number of amides is 1. The summed E-state index contributed by atoms with van der Waals surface area (Å²) in [7, 11) is 0. The monoisotopic (exact) mass is 655 g/mol. The summed E-state index contributed by atoms with van der Waals surface area (Å²) in [5.41, 5.74) is -1.63. The van der Waals surface area contributed by atoms with E-state index in [2.05, 4.69) is 5.32 Å². The van der Waals surface area contributed by atoms with Crippen LogP contribution in [-0.4, -0.2) is 39.5 Å². The van der Waals surface area contributed by atoms with E-state index in [1.54, 1.807) is 57.2 Å². The van der Waals surface area contributed by atoms with Crippen LogP contribution in [-0.2, 0) is 52.3 Å². The van der Waals surface area contributed by atoms with E-state index in [-0.39, 0.29) is 24.2 Å². The van der Waals surface area contributed by atoms with Gasteiger partial charge in [0, 0.05) is 29.4 Å². The summed E-state index contributed by atoms with van der Waals surface area (Å²) in [4.78, 5) is 41.0. The minimum atomic E-state index is -2.00. The Bertz CT molecular complexity index is 1640. The molecule has 0 heterocycles. The van der Waals surface area contributed by atoms with Crippen molar-refractivity contribution in [3.63, 3.8) is 0 Å². The van der Waals surface area contributed by atoms with Crippen LogP contribution in [0.1, 0.15) is 43.9 Å². The van der Waals surface area contributed by atoms with Crippen LogP contribution in [0.15, 0.2) is 77.7 Å². The van der Waals surface area contributed by atoms with Crippen molar-refractivity contribution in [2.45, 2.75) is 69.5 Å². The third-order valence-corrected chi connectivity index (χ3v) is 9.11. The second-order valence-corrected chi connectivity index (χ2v) is 13.6. The van der Waals surface area contributed by atoms with Crippen molar-refractivity contribution in [3.8, 4) is 0 Å². The number of carbonyl (C=O) groups excluding carboxylic acids is 3. The van der Waals surface area contributed by atoms with Gasteiger partial charge in [-0.3, -0.25) is 8.98 Å². The van der Waals surface area contributed by atoms with Crippen molar-refractivity contribution in [2.75, 3.05) is 0 Å². The molecule has 3 aromatic carbocycles. The zero-order valence-electron chi connectivity index (χ0n) is 25.8. The minimum absolute atomic E-state index is 0.0998. The number of hydrogen-bond acceptors (Lipinski definition) is 8. The summed E-state index contributed by atoms with van der Waals surface area (Å²) >= 11 is -2.00. The minimum Gasteiger partial charge on any atom is -0.460 e. The second kappa shape index (κ2) is 13.3. The predicted molar refractivity (Wildman–Crippen MR) is 162 cm³/mol. The van der Waals surface area contributed by atoms with Gasteiger partial charge < -0.3 is 19.5 Å². The molecule has 9 nitrogen and oxygen atoms in total. The standard InChI is InChI=1S/C34H35F2NO8S/c1-20-13-15-23(16-14-20)46(41)45-26-17-34(37-32(40)44-33(2,3)4,31(39)43-19-22-10-6-8-12-25(22)36)29-27(26)28(29)30(38)42-18-21-9-5-7-11-24(21)35/h5-16,26-29H,17-19H2,1-4H3,(H,37,40). The van der Waals surface area contributed by atoms with E-state index in [1.165, 1.54) is 36.4 Å². The van der Waals surface area contributed by atoms with Crippen molar-refractivity contribution in [1.29, 1.82) is 0 Å². The summed E-state index contributed by atoms with van der Waals surface area (Å²) in [6.45, 7) is 5.98. The van der Waals surface area contributed by atoms with Crippen molar-refractivity contribution in [2.24, 2.45) is 17.8 Å². The van der Waals surface area contributed by atoms with E-state index in [9.17, 15) is 27.4 Å². The zero-order chi connectivity index (χ0) is 33.2. The molecular formula is C34H35F2NO8S. The maximum absolute atomic E-state index is 14.4. The topological polar surface area (TPSA) is 117 Å². The number of rotatable bonds is 10. The summed E-state index contributed by atoms with van der Waals surface area (Å²) in [6, 6.07) is 18.4. The molecule has 2 saturated carbocycles. The lowest BCUT2D eigenvalue weighted by molar-refractivity contribution is -0.156. The molecule has 1 N–H and O–H groups in total. The van der Waals surface area contributed by atoms with Gasteiger partial charge in [0.2, 0.25) is 0 Å². The van der Waals surface area contributed by atoms with Gasteiger partial charge in [-0.25, -0.2) is 22.6 Å². The first-order chi connectivity index (χ1) is 21.8. The third-order valence-electron chi connectivity index (χ3n) is 8.03. The first-order valence-electron chi connectivity index (χ1n) is 14.8. The fraction of sp³-hybridized carbons (Fsp3) is 0.382. The highest BCUT2D eigenvalue weighted by Crippen LogP contribution is 2.64. The number of esters is 2. The SMILES string of the molecule is Cc1ccc(S(=O)OC2CC(NC(=O)OC(C)(C)C)(C(=O)OCc3ccccc3F)C3C(C(=O)OCc4ccccc4F)C23)cc1. The summed E-state index contributed by atoms with van der Waals surface area (Å²) in [6.07, 6.45) is -2.15. The molecule has 2 aliphatic rings. The van der Waals surface area contributed by atoms with E-state index in [0.29, 0.717) is 4.90 Å². The number of nitrogens with one attached hydrogen (secondary N) is 1. The van der Waals surface area contributed by atoms with Gasteiger partial charge in [-0.05, 0) is 52.0 Å². The lowest BCUT2D eigenvalue weighted by Crippen LogP contribution is -2.58. The van der Waals surface area contributed by atoms with Crippen LogP contribution < -0.4 is 5.32 Å². The lowest BCUT2D eigenvalue weighted by atomic mass is 9.89. The van der Waals surface area contributed by atoms with Gasteiger partial charge in [0.1, 0.15) is 36.0 Å². The Morgan fingerprint density at radius 1 is 0.891 bits per heavy atom. The van der Waals surface area contributed by atoms with Gasteiger partial charge >= 0.3 is 18.0 Å². The van der Waals surface area contributed by atoms with Crippen LogP contribution >= 0.6 is 0 Å². The van der Waals surface area contributed by atoms with Crippen molar-refractivity contribution < 1.29 is 45.8 Å². The number of fused-ring (bicyclic) bond motifs is 1. The van der Waals surface area contributed by atoms with Crippen LogP contribution in [0.25, 0.3) is 0 Å². The number of carbonyl (C=O) groups is 3. The molecule has 5 rings (SSSR count). The highest BCUT2D eigenvalue weighted by atomic mass is 32.2. The Labute approximate surface area is 268 Å². The van der Waals surface area contributed by atoms with E-state index in [4.69, 9.17) is 18.4 Å². The molecule has 0 saturated heterocycles. The molecule has 1 amide bonds. The number of ether oxygens (including phenoxy) is 3. The Morgan fingerprint density at radius 2 is 1.46 bits per heavy atom. The lowest BCUT2D eigenvalue weighted by Gasteiger charge is -2.33. The highest BCUT2D eigenvalue weighted by molar-refractivity contribution is 7.80. The van der Waals surface area contributed by atoms with Gasteiger partial charge in [0.25, 0.3) is 0 Å². The van der Waals surface area contributed by atoms with Crippen LogP contribution in [0, 0.1) is 36.3 Å². The first-order valence-corrected chi connectivity index (χ1v) is 15.8. The average molecular weight is 656 g/mol. The Morgan fingerprint density at radius 3 is 2.02 bits per heavy atom. The van der Waals surface area contributed by atoms with Crippen LogP contribution in [0.3, 0.4) is 0 Å². The molecular weight excluding hydrogens is 620 g/mol. The summed E-state index contributed by atoms with van der Waals surface area (Å²) < 4.78 is 64.4. The number of halogens is 2. The van der Waals surface area contributed by atoms with Gasteiger partial charge in [-0.15, -0.1) is 0 Å². The van der Waals surface area contributed by atoms with Gasteiger partial charge in [-0.2, -0.15) is 0 Å². The van der Waals surface area contributed by atoms with Crippen LogP contribution in [0.5, 0.6) is 0 Å². The molecule has 2 fully saturated rings. The van der Waals surface area contributed by atoms with E-state index >= 15 is 0 Å². The normalized spacial score (nSPS) is 24.0. The van der Waals surface area contributed by atoms with E-state index in [0.717, 1.165) is 5.56 Å². The predicted octanol–water partition coefficient (Wildman–Crippen LogP) is 5.70. The zero-order valence-corrected chi connectivity index (χ0v) is 26.6. The third kappa shape index (κ3) is 7.28. The number of aryl methyl sites for hydroxylation is 1. The fourth-order valence-electron chi connectivity index (χ4n) is 5.88. The van der Waals surface area contributed by atoms with Gasteiger partial charge in [-0.1, -0.05) is 54.1 Å². The molecule has 0 radical (unpaired) electrons. The molecule has 12 heteroatoms. The highest BCUT2D eigenvalue weighted by Gasteiger charge is 2.77. The van der Waals surface area contributed by atoms with Crippen molar-refractivity contribution >= 4 is 29.1 Å². The number of alkyl carbamates (subject to hydrolysis) is 1. The molecule has 0 spiro atoms. The summed E-state index contributed by atoms with van der Waals surface area (Å²) in [5.74, 6) is -5.50. The number of benzene rings is 3. The molecule has 0 aliphatic heterocycles. The first kappa shape index (κ1) is 33.2. The summed E-state index contributed by atoms with van der Waals surface area (Å²) in [5, 5.41) is 2.63.